The van der Waals surface area contributed by atoms with Gasteiger partial charge in [-0.15, -0.1) is 0 Å². The maximum Gasteiger partial charge on any atom is 0.137 e. The molecular weight excluding hydrogens is 277 g/mol. The summed E-state index contributed by atoms with van der Waals surface area (Å²) >= 11 is 6.07. The molecule has 0 spiro atoms. The van der Waals surface area contributed by atoms with Gasteiger partial charge < -0.3 is 5.32 Å². The highest BCUT2D eigenvalue weighted by Crippen LogP contribution is 2.20. The number of rotatable bonds is 5. The fraction of sp³-hybridized carbons (Fsp3) is 0.333. The number of hydrogen-bond donors (Lipinski definition) is 1. The molecule has 2 aromatic rings. The highest BCUT2D eigenvalue weighted by atomic mass is 35.5. The minimum Gasteiger partial charge on any atom is -0.369 e. The van der Waals surface area contributed by atoms with E-state index in [1.54, 1.807) is 12.1 Å². The average molecular weight is 294 g/mol. The molecule has 0 aliphatic heterocycles. The molecule has 0 saturated carbocycles. The Hall–Kier alpha value is -1.68. The molecule has 5 heteroatoms. The Bertz CT molecular complexity index is 602. The van der Waals surface area contributed by atoms with Crippen molar-refractivity contribution in [2.75, 3.05) is 11.9 Å². The van der Waals surface area contributed by atoms with Gasteiger partial charge in [0.15, 0.2) is 0 Å². The molecule has 0 fully saturated rings. The maximum atomic E-state index is 13.1. The molecule has 2 rings (SSSR count). The molecule has 20 heavy (non-hydrogen) atoms. The molecule has 1 aromatic heterocycles. The number of aromatic nitrogens is 2. The second kappa shape index (κ2) is 6.66. The van der Waals surface area contributed by atoms with Gasteiger partial charge in [-0.25, -0.2) is 14.4 Å². The van der Waals surface area contributed by atoms with Gasteiger partial charge in [0.1, 0.15) is 22.6 Å². The number of hydrogen-bond acceptors (Lipinski definition) is 3. The zero-order chi connectivity index (χ0) is 14.5. The van der Waals surface area contributed by atoms with Crippen LogP contribution in [-0.2, 0) is 12.8 Å². The lowest BCUT2D eigenvalue weighted by Gasteiger charge is -2.11. The molecule has 1 heterocycles. The van der Waals surface area contributed by atoms with E-state index < -0.39 is 0 Å². The van der Waals surface area contributed by atoms with Crippen LogP contribution in [0.3, 0.4) is 0 Å². The first-order chi connectivity index (χ1) is 9.60. The third-order valence-corrected chi connectivity index (χ3v) is 3.41. The van der Waals surface area contributed by atoms with Crippen molar-refractivity contribution in [3.05, 3.63) is 52.2 Å². The molecule has 0 unspecified atom stereocenters. The van der Waals surface area contributed by atoms with Crippen molar-refractivity contribution < 1.29 is 4.39 Å². The maximum absolute atomic E-state index is 13.1. The van der Waals surface area contributed by atoms with Crippen LogP contribution in [0, 0.1) is 12.7 Å². The predicted molar refractivity (Wildman–Crippen MR) is 79.8 cm³/mol. The topological polar surface area (TPSA) is 37.8 Å². The van der Waals surface area contributed by atoms with Crippen LogP contribution in [0.25, 0.3) is 0 Å². The van der Waals surface area contributed by atoms with E-state index in [1.165, 1.54) is 6.07 Å². The molecule has 0 bridgehead atoms. The Labute approximate surface area is 123 Å². The molecule has 1 N–H and O–H groups in total. The average Bonchev–Trinajstić information content (AvgIpc) is 2.43. The van der Waals surface area contributed by atoms with Crippen LogP contribution in [0.2, 0.25) is 5.15 Å². The summed E-state index contributed by atoms with van der Waals surface area (Å²) in [5.74, 6) is 1.25. The minimum atomic E-state index is -0.211. The summed E-state index contributed by atoms with van der Waals surface area (Å²) in [5.41, 5.74) is 1.79. The van der Waals surface area contributed by atoms with Gasteiger partial charge in [-0.1, -0.05) is 30.7 Å². The van der Waals surface area contributed by atoms with Gasteiger partial charge in [0, 0.05) is 18.5 Å². The first-order valence-corrected chi connectivity index (χ1v) is 6.99. The Morgan fingerprint density at radius 1 is 1.30 bits per heavy atom. The van der Waals surface area contributed by atoms with E-state index in [2.05, 4.69) is 15.3 Å². The molecular formula is C15H17ClFN3. The predicted octanol–water partition coefficient (Wildman–Crippen LogP) is 3.79. The van der Waals surface area contributed by atoms with E-state index in [1.807, 2.05) is 19.9 Å². The van der Waals surface area contributed by atoms with Crippen molar-refractivity contribution in [1.29, 1.82) is 0 Å². The zero-order valence-electron chi connectivity index (χ0n) is 11.6. The smallest absolute Gasteiger partial charge is 0.137 e. The molecule has 0 atom stereocenters. The number of anilines is 1. The second-order valence-corrected chi connectivity index (χ2v) is 4.92. The lowest BCUT2D eigenvalue weighted by Crippen LogP contribution is -2.10. The van der Waals surface area contributed by atoms with Gasteiger partial charge in [0.2, 0.25) is 0 Å². The third kappa shape index (κ3) is 3.67. The first kappa shape index (κ1) is 14.7. The molecule has 0 amide bonds. The quantitative estimate of drug-likeness (QED) is 0.852. The van der Waals surface area contributed by atoms with Crippen molar-refractivity contribution in [1.82, 2.24) is 9.97 Å². The number of aryl methyl sites for hydroxylation is 1. The van der Waals surface area contributed by atoms with Crippen LogP contribution >= 0.6 is 11.6 Å². The molecule has 1 aromatic carbocycles. The van der Waals surface area contributed by atoms with Crippen LogP contribution < -0.4 is 5.32 Å². The van der Waals surface area contributed by atoms with Crippen molar-refractivity contribution in [2.45, 2.75) is 26.7 Å². The summed E-state index contributed by atoms with van der Waals surface area (Å²) in [6.45, 7) is 4.53. The number of nitrogens with zero attached hydrogens (tertiary/aromatic N) is 2. The lowest BCUT2D eigenvalue weighted by molar-refractivity contribution is 0.625. The normalized spacial score (nSPS) is 10.6. The van der Waals surface area contributed by atoms with Gasteiger partial charge in [-0.05, 0) is 31.0 Å². The molecule has 0 aliphatic rings. The van der Waals surface area contributed by atoms with Crippen LogP contribution in [0.1, 0.15) is 23.9 Å². The zero-order valence-corrected chi connectivity index (χ0v) is 12.3. The molecule has 106 valence electrons. The van der Waals surface area contributed by atoms with Gasteiger partial charge in [-0.2, -0.15) is 0 Å². The van der Waals surface area contributed by atoms with E-state index in [0.29, 0.717) is 17.5 Å². The Morgan fingerprint density at radius 3 is 2.80 bits per heavy atom. The van der Waals surface area contributed by atoms with E-state index in [-0.39, 0.29) is 5.82 Å². The van der Waals surface area contributed by atoms with Gasteiger partial charge in [0.05, 0.1) is 0 Å². The monoisotopic (exact) mass is 293 g/mol. The van der Waals surface area contributed by atoms with Gasteiger partial charge in [-0.3, -0.25) is 0 Å². The Balaban J connectivity index is 2.02. The number of nitrogens with one attached hydrogen (secondary N) is 1. The summed E-state index contributed by atoms with van der Waals surface area (Å²) in [7, 11) is 0. The molecule has 3 nitrogen and oxygen atoms in total. The van der Waals surface area contributed by atoms with Crippen LogP contribution in [0.5, 0.6) is 0 Å². The largest absolute Gasteiger partial charge is 0.369 e. The van der Waals surface area contributed by atoms with Gasteiger partial charge in [0.25, 0.3) is 0 Å². The molecule has 0 aliphatic carbocycles. The van der Waals surface area contributed by atoms with Crippen LogP contribution in [0.4, 0.5) is 10.2 Å². The molecule has 0 radical (unpaired) electrons. The van der Waals surface area contributed by atoms with Crippen molar-refractivity contribution >= 4 is 17.4 Å². The molecule has 0 saturated heterocycles. The number of halogens is 2. The van der Waals surface area contributed by atoms with Crippen molar-refractivity contribution in [3.63, 3.8) is 0 Å². The summed E-state index contributed by atoms with van der Waals surface area (Å²) in [4.78, 5) is 8.61. The summed E-state index contributed by atoms with van der Waals surface area (Å²) in [6, 6.07) is 6.60. The minimum absolute atomic E-state index is 0.211. The van der Waals surface area contributed by atoms with E-state index in [9.17, 15) is 4.39 Å². The Kier molecular flexibility index (Phi) is 4.90. The third-order valence-electron chi connectivity index (χ3n) is 3.04. The van der Waals surface area contributed by atoms with E-state index in [0.717, 1.165) is 29.8 Å². The summed E-state index contributed by atoms with van der Waals surface area (Å²) < 4.78 is 13.1. The first-order valence-electron chi connectivity index (χ1n) is 6.61. The SMILES string of the molecule is CCc1nc(Cl)c(C)c(NCCc2cccc(F)c2)n1. The van der Waals surface area contributed by atoms with Crippen molar-refractivity contribution in [3.8, 4) is 0 Å². The standard InChI is InChI=1S/C15H17ClFN3/c1-3-13-19-14(16)10(2)15(20-13)18-8-7-11-5-4-6-12(17)9-11/h4-6,9H,3,7-8H2,1-2H3,(H,18,19,20). The Morgan fingerprint density at radius 2 is 2.10 bits per heavy atom. The van der Waals surface area contributed by atoms with Gasteiger partial charge >= 0.3 is 0 Å². The fourth-order valence-corrected chi connectivity index (χ4v) is 2.07. The highest BCUT2D eigenvalue weighted by molar-refractivity contribution is 6.30. The summed E-state index contributed by atoms with van der Waals surface area (Å²) in [5, 5.41) is 3.72. The number of benzene rings is 1. The van der Waals surface area contributed by atoms with E-state index in [4.69, 9.17) is 11.6 Å². The highest BCUT2D eigenvalue weighted by Gasteiger charge is 2.08. The van der Waals surface area contributed by atoms with E-state index >= 15 is 0 Å². The lowest BCUT2D eigenvalue weighted by atomic mass is 10.1. The second-order valence-electron chi connectivity index (χ2n) is 4.56. The van der Waals surface area contributed by atoms with Crippen LogP contribution in [-0.4, -0.2) is 16.5 Å². The van der Waals surface area contributed by atoms with Crippen molar-refractivity contribution in [2.24, 2.45) is 0 Å². The summed E-state index contributed by atoms with van der Waals surface area (Å²) in [6.07, 6.45) is 1.46. The van der Waals surface area contributed by atoms with Crippen LogP contribution in [0.15, 0.2) is 24.3 Å². The fourth-order valence-electron chi connectivity index (χ4n) is 1.88.